The predicted octanol–water partition coefficient (Wildman–Crippen LogP) is 6.89. The molecule has 0 aliphatic carbocycles. The maximum Gasteiger partial charge on any atom is 0.217 e. The molecule has 0 aromatic carbocycles. The average Bonchev–Trinajstić information content (AvgIpc) is 3.42. The third-order valence-electron chi connectivity index (χ3n) is 7.93. The molecule has 1 saturated heterocycles. The summed E-state index contributed by atoms with van der Waals surface area (Å²) in [5.41, 5.74) is -0.983. The molecule has 1 amide bonds. The van der Waals surface area contributed by atoms with Gasteiger partial charge in [0.2, 0.25) is 5.91 Å². The van der Waals surface area contributed by atoms with Gasteiger partial charge in [-0.2, -0.15) is 0 Å². The van der Waals surface area contributed by atoms with E-state index < -0.39 is 25.2 Å². The summed E-state index contributed by atoms with van der Waals surface area (Å²) in [4.78, 5) is 62.1. The van der Waals surface area contributed by atoms with Crippen LogP contribution in [0.15, 0.2) is 0 Å². The molecule has 7 nitrogen and oxygen atoms in total. The number of ketones is 1. The monoisotopic (exact) mass is 568 g/mol. The number of Topliss-reactive ketones (excluding diaryl/α,β-unsaturated/α-hetero) is 1. The molecule has 39 heavy (non-hydrogen) atoms. The summed E-state index contributed by atoms with van der Waals surface area (Å²) in [6, 6.07) is -0.675. The van der Waals surface area contributed by atoms with Crippen LogP contribution < -0.4 is 5.32 Å². The van der Waals surface area contributed by atoms with Crippen LogP contribution in [-0.2, 0) is 19.2 Å². The second-order valence-corrected chi connectivity index (χ2v) is 13.2. The molecule has 3 unspecified atom stereocenters. The number of unbranched alkanes of at least 4 members (excludes halogenated alkanes) is 10. The quantitative estimate of drug-likeness (QED) is 0.0918. The van der Waals surface area contributed by atoms with Gasteiger partial charge in [0, 0.05) is 45.2 Å². The summed E-state index contributed by atoms with van der Waals surface area (Å²) in [5.74, 6) is 0.0159. The Hall–Kier alpha value is -1.17. The van der Waals surface area contributed by atoms with Crippen molar-refractivity contribution in [2.45, 2.75) is 149 Å². The number of likely N-dealkylation sites (tertiary alicyclic amines) is 1. The highest BCUT2D eigenvalue weighted by atomic mass is 31.1. The van der Waals surface area contributed by atoms with Gasteiger partial charge in [-0.05, 0) is 31.8 Å². The van der Waals surface area contributed by atoms with E-state index in [-0.39, 0.29) is 31.0 Å². The third-order valence-corrected chi connectivity index (χ3v) is 9.28. The van der Waals surface area contributed by atoms with Crippen LogP contribution in [0.3, 0.4) is 0 Å². The maximum atomic E-state index is 12.8. The Labute approximate surface area is 239 Å². The minimum atomic E-state index is -2.41. The fraction of sp³-hybridized carbons (Fsp3) is 0.871. The van der Waals surface area contributed by atoms with Crippen LogP contribution in [0.4, 0.5) is 0 Å². The van der Waals surface area contributed by atoms with E-state index in [2.05, 4.69) is 24.1 Å². The van der Waals surface area contributed by atoms with Crippen LogP contribution >= 0.6 is 8.15 Å². The first-order chi connectivity index (χ1) is 18.8. The lowest BCUT2D eigenvalue weighted by atomic mass is 9.91. The minimum absolute atomic E-state index is 0.0269. The number of hydrogen-bond donors (Lipinski definition) is 2. The molecule has 1 fully saturated rings. The second kappa shape index (κ2) is 22.5. The molecule has 0 radical (unpaired) electrons. The molecule has 0 spiro atoms. The van der Waals surface area contributed by atoms with Crippen molar-refractivity contribution in [3.63, 3.8) is 0 Å². The number of carbonyl (C=O) groups excluding carboxylic acids is 4. The van der Waals surface area contributed by atoms with Crippen LogP contribution in [0.2, 0.25) is 0 Å². The van der Waals surface area contributed by atoms with Gasteiger partial charge in [0.25, 0.3) is 0 Å². The highest BCUT2D eigenvalue weighted by Crippen LogP contribution is 2.36. The molecule has 8 heteroatoms. The molecule has 3 atom stereocenters. The number of rotatable bonds is 25. The van der Waals surface area contributed by atoms with Crippen LogP contribution in [0.1, 0.15) is 143 Å². The Morgan fingerprint density at radius 2 is 1.36 bits per heavy atom. The third kappa shape index (κ3) is 18.0. The van der Waals surface area contributed by atoms with E-state index in [1.54, 1.807) is 0 Å². The summed E-state index contributed by atoms with van der Waals surface area (Å²) in [6.45, 7) is 8.19. The van der Waals surface area contributed by atoms with Crippen LogP contribution in [0, 0.1) is 5.92 Å². The second-order valence-electron chi connectivity index (χ2n) is 11.5. The molecule has 1 rings (SSSR count). The van der Waals surface area contributed by atoms with E-state index in [0.717, 1.165) is 45.2 Å². The van der Waals surface area contributed by atoms with Gasteiger partial charge >= 0.3 is 0 Å². The zero-order valence-electron chi connectivity index (χ0n) is 25.2. The molecule has 1 heterocycles. The van der Waals surface area contributed by atoms with Gasteiger partial charge in [-0.3, -0.25) is 19.2 Å². The van der Waals surface area contributed by atoms with Crippen molar-refractivity contribution in [3.05, 3.63) is 0 Å². The molecule has 0 saturated carbocycles. The van der Waals surface area contributed by atoms with Gasteiger partial charge in [0.05, 0.1) is 0 Å². The van der Waals surface area contributed by atoms with E-state index in [1.807, 2.05) is 0 Å². The molecule has 2 N–H and O–H groups in total. The Morgan fingerprint density at radius 1 is 0.795 bits per heavy atom. The van der Waals surface area contributed by atoms with E-state index in [4.69, 9.17) is 0 Å². The van der Waals surface area contributed by atoms with Gasteiger partial charge in [0.15, 0.2) is 19.2 Å². The smallest absolute Gasteiger partial charge is 0.217 e. The summed E-state index contributed by atoms with van der Waals surface area (Å²) < 4.78 is 0. The first-order valence-corrected chi connectivity index (χ1v) is 17.1. The standard InChI is InChI=1S/C31H57N2O5P/c1-4-6-7-8-9-10-11-12-13-14-15-18-27(5-2)23-29(35)24-28(32-26(3)34)25-31(37)39(38)30(36)19-22-33-20-16-17-21-33/h27-28,38H,4-25H2,1-3H3,(H,32,34). The molecule has 1 aliphatic rings. The average molecular weight is 569 g/mol. The zero-order valence-corrected chi connectivity index (χ0v) is 26.1. The topological polar surface area (TPSA) is 104 Å². The lowest BCUT2D eigenvalue weighted by Gasteiger charge is -2.20. The number of hydrogen-bond acceptors (Lipinski definition) is 6. The number of nitrogens with one attached hydrogen (secondary N) is 1. The van der Waals surface area contributed by atoms with Gasteiger partial charge in [-0.1, -0.05) is 97.3 Å². The molecule has 226 valence electrons. The SMILES string of the molecule is CCCCCCCCCCCCCC(CC)CC(=O)CC(CC(=O)P(O)C(=O)CCN1CCCC1)NC(C)=O. The van der Waals surface area contributed by atoms with Crippen molar-refractivity contribution in [1.29, 1.82) is 0 Å². The van der Waals surface area contributed by atoms with Crippen molar-refractivity contribution in [2.24, 2.45) is 5.92 Å². The van der Waals surface area contributed by atoms with E-state index in [9.17, 15) is 24.1 Å². The summed E-state index contributed by atoms with van der Waals surface area (Å²) in [5, 5.41) is 2.69. The van der Waals surface area contributed by atoms with E-state index in [0.29, 0.717) is 18.9 Å². The van der Waals surface area contributed by atoms with Gasteiger partial charge in [-0.25, -0.2) is 0 Å². The Kier molecular flexibility index (Phi) is 20.7. The fourth-order valence-corrected chi connectivity index (χ4v) is 6.48. The zero-order chi connectivity index (χ0) is 28.9. The number of carbonyl (C=O) groups is 4. The predicted molar refractivity (Wildman–Crippen MR) is 161 cm³/mol. The molecule has 1 aliphatic heterocycles. The van der Waals surface area contributed by atoms with Gasteiger partial charge in [-0.15, -0.1) is 0 Å². The largest absolute Gasteiger partial charge is 0.360 e. The van der Waals surface area contributed by atoms with Crippen molar-refractivity contribution < 1.29 is 24.1 Å². The first-order valence-electron chi connectivity index (χ1n) is 15.8. The highest BCUT2D eigenvalue weighted by Gasteiger charge is 2.29. The fourth-order valence-electron chi connectivity index (χ4n) is 5.49. The molecule has 0 aromatic heterocycles. The van der Waals surface area contributed by atoms with Crippen molar-refractivity contribution >= 4 is 30.9 Å². The van der Waals surface area contributed by atoms with E-state index in [1.165, 1.54) is 71.1 Å². The molecular formula is C31H57N2O5P. The Bertz CT molecular complexity index is 711. The Balaban J connectivity index is 2.33. The normalized spacial score (nSPS) is 16.1. The molecule has 0 bridgehead atoms. The van der Waals surface area contributed by atoms with Crippen molar-refractivity contribution in [2.75, 3.05) is 19.6 Å². The first kappa shape index (κ1) is 35.9. The highest BCUT2D eigenvalue weighted by molar-refractivity contribution is 7.84. The van der Waals surface area contributed by atoms with Gasteiger partial charge < -0.3 is 15.1 Å². The lowest BCUT2D eigenvalue weighted by molar-refractivity contribution is -0.122. The van der Waals surface area contributed by atoms with E-state index >= 15 is 0 Å². The summed E-state index contributed by atoms with van der Waals surface area (Å²) in [7, 11) is -2.41. The summed E-state index contributed by atoms with van der Waals surface area (Å²) in [6.07, 6.45) is 19.0. The van der Waals surface area contributed by atoms with Crippen LogP contribution in [0.25, 0.3) is 0 Å². The van der Waals surface area contributed by atoms with Crippen LogP contribution in [-0.4, -0.2) is 58.2 Å². The minimum Gasteiger partial charge on any atom is -0.360 e. The van der Waals surface area contributed by atoms with Crippen LogP contribution in [0.5, 0.6) is 0 Å². The number of amides is 1. The number of nitrogens with zero attached hydrogens (tertiary/aromatic N) is 1. The summed E-state index contributed by atoms with van der Waals surface area (Å²) >= 11 is 0. The molecular weight excluding hydrogens is 511 g/mol. The van der Waals surface area contributed by atoms with Gasteiger partial charge in [0.1, 0.15) is 5.78 Å². The molecule has 0 aromatic rings. The Morgan fingerprint density at radius 3 is 1.90 bits per heavy atom. The lowest BCUT2D eigenvalue weighted by Crippen LogP contribution is -2.37. The van der Waals surface area contributed by atoms with Crippen molar-refractivity contribution in [1.82, 2.24) is 10.2 Å². The van der Waals surface area contributed by atoms with Crippen molar-refractivity contribution in [3.8, 4) is 0 Å². The maximum absolute atomic E-state index is 12.8.